The summed E-state index contributed by atoms with van der Waals surface area (Å²) < 4.78 is 0. The maximum atomic E-state index is 13.0. The number of ketones is 1. The molecule has 2 aliphatic carbocycles. The quantitative estimate of drug-likeness (QED) is 0.724. The van der Waals surface area contributed by atoms with Crippen LogP contribution in [0.4, 0.5) is 0 Å². The summed E-state index contributed by atoms with van der Waals surface area (Å²) in [5, 5.41) is 3.11. The van der Waals surface area contributed by atoms with Crippen molar-refractivity contribution in [2.75, 3.05) is 0 Å². The van der Waals surface area contributed by atoms with Gasteiger partial charge in [0.15, 0.2) is 0 Å². The van der Waals surface area contributed by atoms with Gasteiger partial charge >= 0.3 is 141 Å². The number of amides is 1. The van der Waals surface area contributed by atoms with E-state index in [0.29, 0.717) is 16.5 Å². The zero-order valence-electron chi connectivity index (χ0n) is 14.9. The molecule has 3 nitrogen and oxygen atoms in total. The third-order valence-corrected chi connectivity index (χ3v) is 10.3. The second kappa shape index (κ2) is 6.28. The van der Waals surface area contributed by atoms with Crippen molar-refractivity contribution >= 4 is 26.6 Å². The summed E-state index contributed by atoms with van der Waals surface area (Å²) in [4.78, 5) is 25.2. The minimum absolute atomic E-state index is 0.0488. The van der Waals surface area contributed by atoms with Crippen LogP contribution < -0.4 is 5.32 Å². The normalized spacial score (nSPS) is 35.5. The molecule has 0 aromatic rings. The molecule has 4 unspecified atom stereocenters. The van der Waals surface area contributed by atoms with E-state index >= 15 is 0 Å². The molecule has 0 saturated heterocycles. The van der Waals surface area contributed by atoms with E-state index in [-0.39, 0.29) is 42.6 Å². The molecule has 0 aliphatic heterocycles. The van der Waals surface area contributed by atoms with Crippen molar-refractivity contribution in [3.05, 3.63) is 0 Å². The van der Waals surface area contributed by atoms with Gasteiger partial charge < -0.3 is 0 Å². The Kier molecular flexibility index (Phi) is 5.14. The van der Waals surface area contributed by atoms with Crippen molar-refractivity contribution in [1.29, 1.82) is 0 Å². The Balaban J connectivity index is 2.16. The SMILES string of the molecule is CCC(NC(C)=O)[C@@H](CC)[Se]C1C(=O)C2(C)CCC1C2(C)C. The van der Waals surface area contributed by atoms with Crippen LogP contribution in [0.15, 0.2) is 0 Å². The Labute approximate surface area is 141 Å². The Hall–Kier alpha value is -0.341. The van der Waals surface area contributed by atoms with Gasteiger partial charge in [0.05, 0.1) is 0 Å². The van der Waals surface area contributed by atoms with Gasteiger partial charge in [-0.2, -0.15) is 0 Å². The van der Waals surface area contributed by atoms with Crippen LogP contribution >= 0.6 is 0 Å². The van der Waals surface area contributed by atoms with Crippen LogP contribution in [-0.2, 0) is 9.59 Å². The van der Waals surface area contributed by atoms with E-state index in [0.717, 1.165) is 19.3 Å². The monoisotopic (exact) mass is 373 g/mol. The zero-order valence-corrected chi connectivity index (χ0v) is 16.6. The van der Waals surface area contributed by atoms with E-state index in [2.05, 4.69) is 39.9 Å². The molecule has 4 heteroatoms. The van der Waals surface area contributed by atoms with Gasteiger partial charge in [0.2, 0.25) is 0 Å². The molecule has 0 aromatic heterocycles. The Morgan fingerprint density at radius 1 is 1.32 bits per heavy atom. The molecule has 2 bridgehead atoms. The summed E-state index contributed by atoms with van der Waals surface area (Å²) in [6, 6.07) is 0.227. The first-order chi connectivity index (χ1) is 10.2. The minimum atomic E-state index is -0.113. The Bertz CT molecular complexity index is 462. The molecule has 1 amide bonds. The predicted octanol–water partition coefficient (Wildman–Crippen LogP) is 3.62. The molecule has 0 aromatic carbocycles. The second-order valence-corrected chi connectivity index (χ2v) is 10.7. The summed E-state index contributed by atoms with van der Waals surface area (Å²) in [5.41, 5.74) is 0.0304. The van der Waals surface area contributed by atoms with Crippen LogP contribution in [0.3, 0.4) is 0 Å². The number of hydrogen-bond donors (Lipinski definition) is 1. The molecular weight excluding hydrogens is 341 g/mol. The van der Waals surface area contributed by atoms with E-state index in [4.69, 9.17) is 0 Å². The molecule has 2 rings (SSSR count). The topological polar surface area (TPSA) is 46.2 Å². The molecular formula is C18H31NO2Se. The summed E-state index contributed by atoms with van der Waals surface area (Å²) in [7, 11) is 0. The number of carbonyl (C=O) groups excluding carboxylic acids is 2. The first kappa shape index (κ1) is 18.0. The molecule has 2 saturated carbocycles. The van der Waals surface area contributed by atoms with E-state index < -0.39 is 0 Å². The maximum absolute atomic E-state index is 13.0. The van der Waals surface area contributed by atoms with Crippen LogP contribution in [0.2, 0.25) is 9.63 Å². The Morgan fingerprint density at radius 3 is 2.36 bits per heavy atom. The van der Waals surface area contributed by atoms with Crippen molar-refractivity contribution < 1.29 is 9.59 Å². The van der Waals surface area contributed by atoms with Gasteiger partial charge in [-0.3, -0.25) is 0 Å². The van der Waals surface area contributed by atoms with Gasteiger partial charge in [0, 0.05) is 0 Å². The molecule has 5 atom stereocenters. The predicted molar refractivity (Wildman–Crippen MR) is 91.1 cm³/mol. The van der Waals surface area contributed by atoms with Crippen LogP contribution in [0, 0.1) is 16.7 Å². The molecule has 22 heavy (non-hydrogen) atoms. The van der Waals surface area contributed by atoms with Crippen molar-refractivity contribution in [2.45, 2.75) is 82.9 Å². The molecule has 2 fully saturated rings. The van der Waals surface area contributed by atoms with Gasteiger partial charge in [0.1, 0.15) is 0 Å². The van der Waals surface area contributed by atoms with Gasteiger partial charge in [-0.25, -0.2) is 0 Å². The van der Waals surface area contributed by atoms with Crippen LogP contribution in [0.25, 0.3) is 0 Å². The molecule has 1 N–H and O–H groups in total. The number of Topliss-reactive ketones (excluding diaryl/α,β-unsaturated/α-hetero) is 1. The van der Waals surface area contributed by atoms with Crippen molar-refractivity contribution in [2.24, 2.45) is 16.7 Å². The van der Waals surface area contributed by atoms with E-state index in [1.54, 1.807) is 6.92 Å². The summed E-state index contributed by atoms with van der Waals surface area (Å²) >= 11 is 0.273. The molecule has 0 heterocycles. The fraction of sp³-hybridized carbons (Fsp3) is 0.889. The van der Waals surface area contributed by atoms with Crippen LogP contribution in [0.1, 0.15) is 67.2 Å². The van der Waals surface area contributed by atoms with Crippen LogP contribution in [0.5, 0.6) is 0 Å². The average molecular weight is 372 g/mol. The van der Waals surface area contributed by atoms with Crippen LogP contribution in [-0.4, -0.2) is 32.7 Å². The summed E-state index contributed by atoms with van der Waals surface area (Å²) in [6.45, 7) is 12.7. The second-order valence-electron chi connectivity index (χ2n) is 7.78. The summed E-state index contributed by atoms with van der Waals surface area (Å²) in [6.07, 6.45) is 4.27. The van der Waals surface area contributed by atoms with Gasteiger partial charge in [0.25, 0.3) is 0 Å². The van der Waals surface area contributed by atoms with Gasteiger partial charge in [-0.05, 0) is 0 Å². The number of rotatable bonds is 6. The fourth-order valence-electron chi connectivity index (χ4n) is 4.54. The fourth-order valence-corrected chi connectivity index (χ4v) is 8.88. The van der Waals surface area contributed by atoms with E-state index in [1.807, 2.05) is 0 Å². The van der Waals surface area contributed by atoms with E-state index in [9.17, 15) is 9.59 Å². The van der Waals surface area contributed by atoms with Gasteiger partial charge in [-0.15, -0.1) is 0 Å². The van der Waals surface area contributed by atoms with Crippen molar-refractivity contribution in [3.63, 3.8) is 0 Å². The van der Waals surface area contributed by atoms with E-state index in [1.165, 1.54) is 6.42 Å². The number of carbonyl (C=O) groups is 2. The first-order valence-corrected chi connectivity index (χ1v) is 10.6. The Morgan fingerprint density at radius 2 is 1.95 bits per heavy atom. The van der Waals surface area contributed by atoms with Crippen molar-refractivity contribution in [1.82, 2.24) is 5.32 Å². The number of fused-ring (bicyclic) bond motifs is 2. The molecule has 0 spiro atoms. The first-order valence-electron chi connectivity index (χ1n) is 8.65. The third-order valence-electron chi connectivity index (χ3n) is 6.47. The molecule has 126 valence electrons. The van der Waals surface area contributed by atoms with Gasteiger partial charge in [-0.1, -0.05) is 0 Å². The third kappa shape index (κ3) is 2.67. The number of hydrogen-bond acceptors (Lipinski definition) is 2. The standard InChI is InChI=1S/C18H31NO2Se/c1-7-13(19-11(3)20)14(8-2)22-15-12-9-10-18(6,16(15)21)17(12,4)5/h12-15H,7-10H2,1-6H3,(H,19,20)/t12?,13?,14-,15?,18?/m1/s1. The van der Waals surface area contributed by atoms with Crippen molar-refractivity contribution in [3.8, 4) is 0 Å². The number of nitrogens with one attached hydrogen (secondary N) is 1. The molecule has 2 aliphatic rings. The summed E-state index contributed by atoms with van der Waals surface area (Å²) in [5.74, 6) is 1.12. The average Bonchev–Trinajstić information content (AvgIpc) is 2.75. The zero-order chi connectivity index (χ0) is 16.7. The molecule has 0 radical (unpaired) electrons.